The van der Waals surface area contributed by atoms with E-state index in [9.17, 15) is 4.79 Å². The molecule has 2 fully saturated rings. The second-order valence-electron chi connectivity index (χ2n) is 7.40. The summed E-state index contributed by atoms with van der Waals surface area (Å²) in [5.41, 5.74) is 2.04. The van der Waals surface area contributed by atoms with E-state index < -0.39 is 0 Å². The molecule has 1 unspecified atom stereocenters. The summed E-state index contributed by atoms with van der Waals surface area (Å²) in [4.78, 5) is 21.7. The number of carbonyl (C=O) groups excluding carboxylic acids is 1. The maximum atomic E-state index is 12.5. The van der Waals surface area contributed by atoms with Crippen LogP contribution in [-0.2, 0) is 17.6 Å². The number of anilines is 1. The molecule has 1 atom stereocenters. The normalized spacial score (nSPS) is 20.3. The molecule has 0 bridgehead atoms. The van der Waals surface area contributed by atoms with Crippen LogP contribution in [0.25, 0.3) is 0 Å². The standard InChI is InChI=1S/C19H32N6O/c1-4-16-17(5-2)22-23-19(21-16)25-12-10-24(11-13-25)14(3)18(26)20-15-8-6-7-9-15/h14-15H,4-13H2,1-3H3,(H,20,26). The van der Waals surface area contributed by atoms with Gasteiger partial charge < -0.3 is 10.2 Å². The van der Waals surface area contributed by atoms with Crippen LogP contribution in [0.3, 0.4) is 0 Å². The van der Waals surface area contributed by atoms with Crippen molar-refractivity contribution in [2.75, 3.05) is 31.1 Å². The number of hydrogen-bond donors (Lipinski definition) is 1. The molecule has 2 heterocycles. The fourth-order valence-corrected chi connectivity index (χ4v) is 3.93. The van der Waals surface area contributed by atoms with Gasteiger partial charge in [0.05, 0.1) is 17.4 Å². The van der Waals surface area contributed by atoms with Crippen molar-refractivity contribution in [3.8, 4) is 0 Å². The van der Waals surface area contributed by atoms with Crippen LogP contribution in [0.5, 0.6) is 0 Å². The Morgan fingerprint density at radius 2 is 1.73 bits per heavy atom. The molecular formula is C19H32N6O. The SMILES string of the molecule is CCc1nnc(N2CCN(C(C)C(=O)NC3CCCC3)CC2)nc1CC. The van der Waals surface area contributed by atoms with Gasteiger partial charge >= 0.3 is 0 Å². The zero-order valence-electron chi connectivity index (χ0n) is 16.4. The van der Waals surface area contributed by atoms with E-state index in [0.29, 0.717) is 6.04 Å². The number of amides is 1. The van der Waals surface area contributed by atoms with Gasteiger partial charge in [0.1, 0.15) is 0 Å². The van der Waals surface area contributed by atoms with Crippen LogP contribution < -0.4 is 10.2 Å². The largest absolute Gasteiger partial charge is 0.352 e. The number of piperazine rings is 1. The van der Waals surface area contributed by atoms with Gasteiger partial charge in [-0.05, 0) is 32.6 Å². The minimum atomic E-state index is -0.0783. The van der Waals surface area contributed by atoms with Gasteiger partial charge in [-0.3, -0.25) is 9.69 Å². The molecule has 1 saturated heterocycles. The highest BCUT2D eigenvalue weighted by atomic mass is 16.2. The Morgan fingerprint density at radius 3 is 2.35 bits per heavy atom. The summed E-state index contributed by atoms with van der Waals surface area (Å²) in [5.74, 6) is 0.894. The first-order valence-corrected chi connectivity index (χ1v) is 10.1. The molecule has 1 saturated carbocycles. The van der Waals surface area contributed by atoms with Crippen molar-refractivity contribution in [3.63, 3.8) is 0 Å². The van der Waals surface area contributed by atoms with Crippen LogP contribution >= 0.6 is 0 Å². The molecule has 3 rings (SSSR count). The van der Waals surface area contributed by atoms with Gasteiger partial charge in [-0.1, -0.05) is 26.7 Å². The molecular weight excluding hydrogens is 328 g/mol. The summed E-state index contributed by atoms with van der Waals surface area (Å²) < 4.78 is 0. The molecule has 1 aromatic heterocycles. The number of nitrogens with zero attached hydrogens (tertiary/aromatic N) is 5. The van der Waals surface area contributed by atoms with Crippen LogP contribution in [0.1, 0.15) is 57.8 Å². The Bertz CT molecular complexity index is 608. The topological polar surface area (TPSA) is 74.2 Å². The smallest absolute Gasteiger partial charge is 0.245 e. The Hall–Kier alpha value is -1.76. The van der Waals surface area contributed by atoms with Crippen LogP contribution in [0.15, 0.2) is 0 Å². The molecule has 0 aromatic carbocycles. The molecule has 0 radical (unpaired) electrons. The monoisotopic (exact) mass is 360 g/mol. The predicted molar refractivity (Wildman–Crippen MR) is 102 cm³/mol. The van der Waals surface area contributed by atoms with Crippen molar-refractivity contribution in [1.82, 2.24) is 25.4 Å². The zero-order valence-corrected chi connectivity index (χ0v) is 16.4. The van der Waals surface area contributed by atoms with Crippen molar-refractivity contribution >= 4 is 11.9 Å². The number of rotatable bonds is 6. The van der Waals surface area contributed by atoms with Crippen LogP contribution in [0, 0.1) is 0 Å². The second-order valence-corrected chi connectivity index (χ2v) is 7.40. The zero-order chi connectivity index (χ0) is 18.5. The van der Waals surface area contributed by atoms with Gasteiger partial charge in [-0.2, -0.15) is 5.10 Å². The highest BCUT2D eigenvalue weighted by Crippen LogP contribution is 2.19. The minimum absolute atomic E-state index is 0.0783. The lowest BCUT2D eigenvalue weighted by Gasteiger charge is -2.37. The minimum Gasteiger partial charge on any atom is -0.352 e. The fourth-order valence-electron chi connectivity index (χ4n) is 3.93. The Labute approximate surface area is 156 Å². The third kappa shape index (κ3) is 4.31. The number of hydrogen-bond acceptors (Lipinski definition) is 6. The third-order valence-electron chi connectivity index (χ3n) is 5.72. The molecule has 1 aliphatic carbocycles. The third-order valence-corrected chi connectivity index (χ3v) is 5.72. The second kappa shape index (κ2) is 8.75. The van der Waals surface area contributed by atoms with Crippen LogP contribution in [0.2, 0.25) is 0 Å². The number of carbonyl (C=O) groups is 1. The van der Waals surface area contributed by atoms with E-state index in [4.69, 9.17) is 4.98 Å². The van der Waals surface area contributed by atoms with Crippen molar-refractivity contribution in [2.45, 2.75) is 71.4 Å². The maximum absolute atomic E-state index is 12.5. The molecule has 1 aliphatic heterocycles. The number of aryl methyl sites for hydroxylation is 2. The van der Waals surface area contributed by atoms with E-state index in [1.807, 2.05) is 6.92 Å². The van der Waals surface area contributed by atoms with Gasteiger partial charge in [0.25, 0.3) is 0 Å². The molecule has 144 valence electrons. The molecule has 7 nitrogen and oxygen atoms in total. The molecule has 1 N–H and O–H groups in total. The summed E-state index contributed by atoms with van der Waals surface area (Å²) in [5, 5.41) is 11.9. The van der Waals surface area contributed by atoms with Crippen LogP contribution in [-0.4, -0.2) is 64.3 Å². The van der Waals surface area contributed by atoms with Gasteiger partial charge in [0.2, 0.25) is 11.9 Å². The summed E-state index contributed by atoms with van der Waals surface area (Å²) >= 11 is 0. The lowest BCUT2D eigenvalue weighted by molar-refractivity contribution is -0.126. The highest BCUT2D eigenvalue weighted by Gasteiger charge is 2.28. The summed E-state index contributed by atoms with van der Waals surface area (Å²) in [6.45, 7) is 9.56. The van der Waals surface area contributed by atoms with E-state index >= 15 is 0 Å². The van der Waals surface area contributed by atoms with Crippen molar-refractivity contribution < 1.29 is 4.79 Å². The molecule has 2 aliphatic rings. The summed E-state index contributed by atoms with van der Waals surface area (Å²) in [6, 6.07) is 0.306. The van der Waals surface area contributed by atoms with E-state index in [1.165, 1.54) is 12.8 Å². The molecule has 7 heteroatoms. The Morgan fingerprint density at radius 1 is 1.08 bits per heavy atom. The first kappa shape index (κ1) is 19.0. The van der Waals surface area contributed by atoms with Crippen molar-refractivity contribution in [2.24, 2.45) is 0 Å². The van der Waals surface area contributed by atoms with Gasteiger partial charge in [0, 0.05) is 32.2 Å². The summed E-state index contributed by atoms with van der Waals surface area (Å²) in [6.07, 6.45) is 6.48. The summed E-state index contributed by atoms with van der Waals surface area (Å²) in [7, 11) is 0. The lowest BCUT2D eigenvalue weighted by atomic mass is 10.2. The van der Waals surface area contributed by atoms with Gasteiger partial charge in [-0.25, -0.2) is 4.98 Å². The van der Waals surface area contributed by atoms with E-state index in [1.54, 1.807) is 0 Å². The van der Waals surface area contributed by atoms with Crippen molar-refractivity contribution in [1.29, 1.82) is 0 Å². The average Bonchev–Trinajstić information content (AvgIpc) is 3.20. The first-order chi connectivity index (χ1) is 12.6. The number of aromatic nitrogens is 3. The quantitative estimate of drug-likeness (QED) is 0.830. The lowest BCUT2D eigenvalue weighted by Crippen LogP contribution is -2.55. The highest BCUT2D eigenvalue weighted by molar-refractivity contribution is 5.81. The molecule has 0 spiro atoms. The molecule has 26 heavy (non-hydrogen) atoms. The van der Waals surface area contributed by atoms with Gasteiger partial charge in [-0.15, -0.1) is 5.10 Å². The van der Waals surface area contributed by atoms with E-state index in [-0.39, 0.29) is 11.9 Å². The average molecular weight is 361 g/mol. The maximum Gasteiger partial charge on any atom is 0.245 e. The molecule has 1 aromatic rings. The van der Waals surface area contributed by atoms with E-state index in [0.717, 1.165) is 69.2 Å². The first-order valence-electron chi connectivity index (χ1n) is 10.1. The Kier molecular flexibility index (Phi) is 6.40. The van der Waals surface area contributed by atoms with Gasteiger partial charge in [0.15, 0.2) is 0 Å². The van der Waals surface area contributed by atoms with E-state index in [2.05, 4.69) is 39.2 Å². The van der Waals surface area contributed by atoms with Crippen molar-refractivity contribution in [3.05, 3.63) is 11.4 Å². The number of nitrogens with one attached hydrogen (secondary N) is 1. The Balaban J connectivity index is 1.54. The fraction of sp³-hybridized carbons (Fsp3) is 0.789. The predicted octanol–water partition coefficient (Wildman–Crippen LogP) is 1.57. The van der Waals surface area contributed by atoms with Crippen LogP contribution in [0.4, 0.5) is 5.95 Å². The molecule has 1 amide bonds.